The second kappa shape index (κ2) is 6.83. The number of likely N-dealkylation sites (tertiary alicyclic amines) is 1. The summed E-state index contributed by atoms with van der Waals surface area (Å²) in [5, 5.41) is 0. The lowest BCUT2D eigenvalue weighted by Gasteiger charge is -2.31. The van der Waals surface area contributed by atoms with Crippen molar-refractivity contribution in [3.8, 4) is 0 Å². The highest BCUT2D eigenvalue weighted by molar-refractivity contribution is 5.77. The predicted octanol–water partition coefficient (Wildman–Crippen LogP) is -0.486. The van der Waals surface area contributed by atoms with E-state index in [0.29, 0.717) is 25.8 Å². The third-order valence-electron chi connectivity index (χ3n) is 2.86. The zero-order valence-electron chi connectivity index (χ0n) is 10.3. The fourth-order valence-corrected chi connectivity index (χ4v) is 1.80. The topological polar surface area (TPSA) is 58.8 Å². The van der Waals surface area contributed by atoms with Gasteiger partial charge >= 0.3 is 0 Å². The Hall–Kier alpha value is -0.650. The Labute approximate surface area is 97.5 Å². The number of carbonyl (C=O) groups is 1. The number of hydrogen-bond donors (Lipinski definition) is 1. The second-order valence-corrected chi connectivity index (χ2v) is 4.42. The maximum Gasteiger partial charge on any atom is 0.236 e. The van der Waals surface area contributed by atoms with Crippen LogP contribution in [0.5, 0.6) is 0 Å². The Bertz CT molecular complexity index is 213. The molecule has 1 aliphatic heterocycles. The molecule has 0 aromatic rings. The Morgan fingerprint density at radius 3 is 2.56 bits per heavy atom. The number of nitrogens with zero attached hydrogens (tertiary/aromatic N) is 2. The molecule has 0 atom stereocenters. The lowest BCUT2D eigenvalue weighted by molar-refractivity contribution is -0.130. The predicted molar refractivity (Wildman–Crippen MR) is 63.2 cm³/mol. The molecule has 1 rings (SSSR count). The molecule has 0 aromatic heterocycles. The van der Waals surface area contributed by atoms with Crippen LogP contribution in [-0.4, -0.2) is 68.7 Å². The number of piperidine rings is 1. The summed E-state index contributed by atoms with van der Waals surface area (Å²) in [4.78, 5) is 15.3. The van der Waals surface area contributed by atoms with Crippen molar-refractivity contribution in [2.75, 3.05) is 46.9 Å². The van der Waals surface area contributed by atoms with Crippen LogP contribution in [0.15, 0.2) is 0 Å². The van der Waals surface area contributed by atoms with E-state index in [9.17, 15) is 4.79 Å². The monoisotopic (exact) mass is 229 g/mol. The molecule has 0 saturated carbocycles. The smallest absolute Gasteiger partial charge is 0.236 e. The molecule has 1 fully saturated rings. The van der Waals surface area contributed by atoms with E-state index >= 15 is 0 Å². The summed E-state index contributed by atoms with van der Waals surface area (Å²) in [7, 11) is 3.58. The lowest BCUT2D eigenvalue weighted by atomic mass is 10.1. The molecular weight excluding hydrogens is 206 g/mol. The van der Waals surface area contributed by atoms with E-state index in [-0.39, 0.29) is 5.91 Å². The Balaban J connectivity index is 2.19. The molecule has 0 aromatic carbocycles. The third-order valence-corrected chi connectivity index (χ3v) is 2.86. The highest BCUT2D eigenvalue weighted by Gasteiger charge is 2.21. The van der Waals surface area contributed by atoms with E-state index < -0.39 is 0 Å². The molecule has 1 amide bonds. The van der Waals surface area contributed by atoms with Gasteiger partial charge < -0.3 is 15.4 Å². The minimum absolute atomic E-state index is 0.168. The molecule has 1 aliphatic rings. The van der Waals surface area contributed by atoms with Crippen LogP contribution in [0.3, 0.4) is 0 Å². The molecule has 0 unspecified atom stereocenters. The maximum atomic E-state index is 11.5. The zero-order chi connectivity index (χ0) is 12.0. The number of rotatable bonds is 5. The molecule has 94 valence electrons. The van der Waals surface area contributed by atoms with Crippen molar-refractivity contribution in [1.29, 1.82) is 0 Å². The average molecular weight is 229 g/mol. The highest BCUT2D eigenvalue weighted by atomic mass is 16.5. The van der Waals surface area contributed by atoms with Crippen molar-refractivity contribution < 1.29 is 9.53 Å². The maximum absolute atomic E-state index is 11.5. The van der Waals surface area contributed by atoms with Gasteiger partial charge in [0.2, 0.25) is 5.91 Å². The molecule has 0 aliphatic carbocycles. The van der Waals surface area contributed by atoms with Crippen molar-refractivity contribution in [2.45, 2.75) is 18.9 Å². The summed E-state index contributed by atoms with van der Waals surface area (Å²) < 4.78 is 5.59. The normalized spacial score (nSPS) is 18.7. The minimum Gasteiger partial charge on any atom is -0.377 e. The Morgan fingerprint density at radius 1 is 1.44 bits per heavy atom. The van der Waals surface area contributed by atoms with Crippen molar-refractivity contribution in [2.24, 2.45) is 5.73 Å². The van der Waals surface area contributed by atoms with Crippen LogP contribution >= 0.6 is 0 Å². The van der Waals surface area contributed by atoms with Gasteiger partial charge in [-0.25, -0.2) is 0 Å². The number of nitrogens with two attached hydrogens (primary N) is 1. The van der Waals surface area contributed by atoms with Crippen LogP contribution in [-0.2, 0) is 9.53 Å². The first kappa shape index (κ1) is 13.4. The van der Waals surface area contributed by atoms with E-state index in [1.165, 1.54) is 0 Å². The molecule has 0 spiro atoms. The SMILES string of the molecule is CN(C)C(=O)CN1CCC(OCCN)CC1. The van der Waals surface area contributed by atoms with Gasteiger partial charge in [-0.2, -0.15) is 0 Å². The second-order valence-electron chi connectivity index (χ2n) is 4.42. The summed E-state index contributed by atoms with van der Waals surface area (Å²) in [5.74, 6) is 0.168. The van der Waals surface area contributed by atoms with Crippen LogP contribution in [0.2, 0.25) is 0 Å². The van der Waals surface area contributed by atoms with Crippen LogP contribution < -0.4 is 5.73 Å². The molecule has 1 saturated heterocycles. The van der Waals surface area contributed by atoms with Crippen LogP contribution in [0.25, 0.3) is 0 Å². The molecule has 5 nitrogen and oxygen atoms in total. The summed E-state index contributed by atoms with van der Waals surface area (Å²) in [6.07, 6.45) is 2.33. The number of hydrogen-bond acceptors (Lipinski definition) is 4. The highest BCUT2D eigenvalue weighted by Crippen LogP contribution is 2.13. The van der Waals surface area contributed by atoms with E-state index in [1.54, 1.807) is 19.0 Å². The number of ether oxygens (including phenoxy) is 1. The minimum atomic E-state index is 0.168. The van der Waals surface area contributed by atoms with Gasteiger partial charge in [-0.3, -0.25) is 9.69 Å². The summed E-state index contributed by atoms with van der Waals surface area (Å²) in [6.45, 7) is 3.63. The first-order chi connectivity index (χ1) is 7.63. The quantitative estimate of drug-likeness (QED) is 0.691. The van der Waals surface area contributed by atoms with Gasteiger partial charge in [-0.05, 0) is 12.8 Å². The Morgan fingerprint density at radius 2 is 2.06 bits per heavy atom. The fraction of sp³-hybridized carbons (Fsp3) is 0.909. The third kappa shape index (κ3) is 4.47. The number of carbonyl (C=O) groups excluding carboxylic acids is 1. The van der Waals surface area contributed by atoms with Gasteiger partial charge in [0.15, 0.2) is 0 Å². The van der Waals surface area contributed by atoms with Crippen LogP contribution in [0.4, 0.5) is 0 Å². The van der Waals surface area contributed by atoms with E-state index in [2.05, 4.69) is 4.90 Å². The first-order valence-electron chi connectivity index (χ1n) is 5.87. The number of amides is 1. The molecule has 2 N–H and O–H groups in total. The lowest BCUT2D eigenvalue weighted by Crippen LogP contribution is -2.43. The summed E-state index contributed by atoms with van der Waals surface area (Å²) in [5.41, 5.74) is 5.39. The molecular formula is C11H23N3O2. The summed E-state index contributed by atoms with van der Waals surface area (Å²) >= 11 is 0. The molecule has 1 heterocycles. The number of likely N-dealkylation sites (N-methyl/N-ethyl adjacent to an activating group) is 1. The van der Waals surface area contributed by atoms with Crippen LogP contribution in [0, 0.1) is 0 Å². The average Bonchev–Trinajstić information content (AvgIpc) is 2.28. The standard InChI is InChI=1S/C11H23N3O2/c1-13(2)11(15)9-14-6-3-10(4-7-14)16-8-5-12/h10H,3-9,12H2,1-2H3. The molecule has 16 heavy (non-hydrogen) atoms. The van der Waals surface area contributed by atoms with Gasteiger partial charge in [0.05, 0.1) is 19.3 Å². The van der Waals surface area contributed by atoms with Gasteiger partial charge in [0.1, 0.15) is 0 Å². The molecule has 0 bridgehead atoms. The van der Waals surface area contributed by atoms with Crippen LogP contribution in [0.1, 0.15) is 12.8 Å². The van der Waals surface area contributed by atoms with Crippen molar-refractivity contribution in [3.05, 3.63) is 0 Å². The van der Waals surface area contributed by atoms with Crippen molar-refractivity contribution >= 4 is 5.91 Å². The van der Waals surface area contributed by atoms with Gasteiger partial charge in [-0.1, -0.05) is 0 Å². The van der Waals surface area contributed by atoms with Gasteiger partial charge in [0, 0.05) is 33.7 Å². The van der Waals surface area contributed by atoms with E-state index in [1.807, 2.05) is 0 Å². The van der Waals surface area contributed by atoms with E-state index in [4.69, 9.17) is 10.5 Å². The summed E-state index contributed by atoms with van der Waals surface area (Å²) in [6, 6.07) is 0. The van der Waals surface area contributed by atoms with E-state index in [0.717, 1.165) is 25.9 Å². The zero-order valence-corrected chi connectivity index (χ0v) is 10.3. The molecule has 5 heteroatoms. The largest absolute Gasteiger partial charge is 0.377 e. The van der Waals surface area contributed by atoms with Gasteiger partial charge in [0.25, 0.3) is 0 Å². The van der Waals surface area contributed by atoms with Crippen molar-refractivity contribution in [1.82, 2.24) is 9.80 Å². The first-order valence-corrected chi connectivity index (χ1v) is 5.87. The fourth-order valence-electron chi connectivity index (χ4n) is 1.80. The van der Waals surface area contributed by atoms with Crippen molar-refractivity contribution in [3.63, 3.8) is 0 Å². The Kier molecular flexibility index (Phi) is 5.73. The van der Waals surface area contributed by atoms with Gasteiger partial charge in [-0.15, -0.1) is 0 Å². The molecule has 0 radical (unpaired) electrons.